The van der Waals surface area contributed by atoms with Gasteiger partial charge in [-0.25, -0.2) is 4.79 Å². The summed E-state index contributed by atoms with van der Waals surface area (Å²) in [4.78, 5) is 43.8. The lowest BCUT2D eigenvalue weighted by Crippen LogP contribution is -3.12. The summed E-state index contributed by atoms with van der Waals surface area (Å²) < 4.78 is 0. The van der Waals surface area contributed by atoms with Gasteiger partial charge in [0.05, 0.1) is 19.1 Å². The minimum atomic E-state index is -1.03. The quantitative estimate of drug-likeness (QED) is 0.428. The SMILES string of the molecule is C=CCN1C(=O)NC(=O)C(C(C)=NC2CC[NH+](Cc3ccccc3)CC2)C1=O. The Hall–Kier alpha value is -2.80. The summed E-state index contributed by atoms with van der Waals surface area (Å²) in [6.45, 7) is 8.33. The van der Waals surface area contributed by atoms with Crippen molar-refractivity contribution in [3.63, 3.8) is 0 Å². The first-order valence-electron chi connectivity index (χ1n) is 9.68. The van der Waals surface area contributed by atoms with E-state index in [4.69, 9.17) is 0 Å². The maximum absolute atomic E-state index is 12.6. The predicted molar refractivity (Wildman–Crippen MR) is 106 cm³/mol. The molecule has 2 saturated heterocycles. The predicted octanol–water partition coefficient (Wildman–Crippen LogP) is 0.575. The van der Waals surface area contributed by atoms with E-state index in [1.165, 1.54) is 16.5 Å². The molecule has 0 bridgehead atoms. The molecule has 2 heterocycles. The molecule has 1 atom stereocenters. The number of nitrogens with one attached hydrogen (secondary N) is 2. The number of hydrogen-bond donors (Lipinski definition) is 2. The molecule has 2 fully saturated rings. The number of quaternary nitrogens is 1. The molecule has 0 aromatic heterocycles. The molecule has 0 spiro atoms. The standard InChI is InChI=1S/C21H26N4O3/c1-3-11-25-20(27)18(19(26)23-21(25)28)15(2)22-17-9-12-24(13-10-17)14-16-7-5-4-6-8-16/h3-8,17-18H,1,9-14H2,2H3,(H,23,26,28)/p+1. The van der Waals surface area contributed by atoms with Crippen LogP contribution >= 0.6 is 0 Å². The summed E-state index contributed by atoms with van der Waals surface area (Å²) in [5, 5.41) is 2.24. The third kappa shape index (κ3) is 4.54. The van der Waals surface area contributed by atoms with Crippen LogP contribution in [0.25, 0.3) is 0 Å². The molecule has 2 N–H and O–H groups in total. The molecule has 2 aliphatic heterocycles. The second-order valence-electron chi connectivity index (χ2n) is 7.38. The largest absolute Gasteiger partial charge is 0.331 e. The smallest absolute Gasteiger partial charge is 0.331 e. The summed E-state index contributed by atoms with van der Waals surface area (Å²) >= 11 is 0. The molecule has 4 amide bonds. The van der Waals surface area contributed by atoms with Crippen molar-refractivity contribution in [2.45, 2.75) is 32.4 Å². The molecule has 0 aliphatic carbocycles. The minimum Gasteiger partial charge on any atom is -0.331 e. The van der Waals surface area contributed by atoms with Crippen molar-refractivity contribution in [2.75, 3.05) is 19.6 Å². The second-order valence-corrected chi connectivity index (χ2v) is 7.38. The van der Waals surface area contributed by atoms with Crippen molar-refractivity contribution in [1.82, 2.24) is 10.2 Å². The van der Waals surface area contributed by atoms with E-state index in [0.29, 0.717) is 5.71 Å². The Morgan fingerprint density at radius 3 is 2.57 bits per heavy atom. The molecule has 2 aliphatic rings. The number of hydrogen-bond acceptors (Lipinski definition) is 4. The topological polar surface area (TPSA) is 83.3 Å². The monoisotopic (exact) mass is 383 g/mol. The molecule has 7 nitrogen and oxygen atoms in total. The van der Waals surface area contributed by atoms with Gasteiger partial charge in [0.15, 0.2) is 5.92 Å². The summed E-state index contributed by atoms with van der Waals surface area (Å²) in [5.41, 5.74) is 1.80. The molecule has 1 aromatic carbocycles. The van der Waals surface area contributed by atoms with Crippen molar-refractivity contribution >= 4 is 23.6 Å². The number of amides is 4. The minimum absolute atomic E-state index is 0.0724. The van der Waals surface area contributed by atoms with E-state index in [1.807, 2.05) is 6.07 Å². The van der Waals surface area contributed by atoms with Gasteiger partial charge in [-0.15, -0.1) is 6.58 Å². The Kier molecular flexibility index (Phi) is 6.36. The molecule has 1 unspecified atom stereocenters. The van der Waals surface area contributed by atoms with Gasteiger partial charge in [-0.05, 0) is 6.92 Å². The van der Waals surface area contributed by atoms with Gasteiger partial charge in [-0.1, -0.05) is 36.4 Å². The van der Waals surface area contributed by atoms with Crippen LogP contribution in [-0.4, -0.2) is 54.1 Å². The summed E-state index contributed by atoms with van der Waals surface area (Å²) in [5.74, 6) is -2.15. The molecule has 28 heavy (non-hydrogen) atoms. The maximum Gasteiger partial charge on any atom is 0.331 e. The zero-order chi connectivity index (χ0) is 20.1. The average molecular weight is 383 g/mol. The van der Waals surface area contributed by atoms with Crippen molar-refractivity contribution in [2.24, 2.45) is 10.9 Å². The fourth-order valence-corrected chi connectivity index (χ4v) is 3.85. The van der Waals surface area contributed by atoms with Gasteiger partial charge in [0.2, 0.25) is 11.8 Å². The molecule has 0 saturated carbocycles. The second kappa shape index (κ2) is 8.93. The Morgan fingerprint density at radius 1 is 1.25 bits per heavy atom. The highest BCUT2D eigenvalue weighted by molar-refractivity contribution is 6.27. The molecule has 0 radical (unpaired) electrons. The van der Waals surface area contributed by atoms with Gasteiger partial charge in [-0.2, -0.15) is 0 Å². The van der Waals surface area contributed by atoms with Crippen molar-refractivity contribution in [3.05, 3.63) is 48.6 Å². The van der Waals surface area contributed by atoms with E-state index in [0.717, 1.165) is 37.4 Å². The fourth-order valence-electron chi connectivity index (χ4n) is 3.85. The van der Waals surface area contributed by atoms with Crippen LogP contribution in [0.15, 0.2) is 48.0 Å². The number of likely N-dealkylation sites (tertiary alicyclic amines) is 1. The summed E-state index contributed by atoms with van der Waals surface area (Å²) in [6.07, 6.45) is 3.29. The molecule has 148 valence electrons. The molecular formula is C21H27N4O3+. The Morgan fingerprint density at radius 2 is 1.93 bits per heavy atom. The van der Waals surface area contributed by atoms with E-state index in [9.17, 15) is 14.4 Å². The highest BCUT2D eigenvalue weighted by Crippen LogP contribution is 2.15. The lowest BCUT2D eigenvalue weighted by atomic mass is 9.98. The maximum atomic E-state index is 12.6. The fraction of sp³-hybridized carbons (Fsp3) is 0.429. The first-order chi connectivity index (χ1) is 13.5. The van der Waals surface area contributed by atoms with Crippen molar-refractivity contribution in [1.29, 1.82) is 0 Å². The molecule has 1 aromatic rings. The van der Waals surface area contributed by atoms with E-state index in [-0.39, 0.29) is 12.6 Å². The molecular weight excluding hydrogens is 356 g/mol. The number of aliphatic imine (C=N–C) groups is 1. The van der Waals surface area contributed by atoms with Crippen LogP contribution in [-0.2, 0) is 16.1 Å². The average Bonchev–Trinajstić information content (AvgIpc) is 2.67. The Labute approximate surface area is 165 Å². The number of benzene rings is 1. The Bertz CT molecular complexity index is 782. The number of carbonyl (C=O) groups excluding carboxylic acids is 3. The van der Waals surface area contributed by atoms with Crippen LogP contribution in [0.2, 0.25) is 0 Å². The van der Waals surface area contributed by atoms with Gasteiger partial charge in [0, 0.05) is 30.7 Å². The first kappa shape index (κ1) is 19.9. The summed E-state index contributed by atoms with van der Waals surface area (Å²) in [7, 11) is 0. The lowest BCUT2D eigenvalue weighted by Gasteiger charge is -2.31. The van der Waals surface area contributed by atoms with Crippen LogP contribution < -0.4 is 10.2 Å². The van der Waals surface area contributed by atoms with Gasteiger partial charge in [0.25, 0.3) is 0 Å². The van der Waals surface area contributed by atoms with Gasteiger partial charge in [-0.3, -0.25) is 24.8 Å². The molecule has 3 rings (SSSR count). The highest BCUT2D eigenvalue weighted by atomic mass is 16.2. The van der Waals surface area contributed by atoms with E-state index < -0.39 is 23.8 Å². The van der Waals surface area contributed by atoms with Crippen molar-refractivity contribution in [3.8, 4) is 0 Å². The number of rotatable bonds is 6. The van der Waals surface area contributed by atoms with E-state index in [1.54, 1.807) is 6.92 Å². The van der Waals surface area contributed by atoms with E-state index >= 15 is 0 Å². The van der Waals surface area contributed by atoms with Crippen LogP contribution in [0.3, 0.4) is 0 Å². The molecule has 7 heteroatoms. The zero-order valence-electron chi connectivity index (χ0n) is 16.2. The first-order valence-corrected chi connectivity index (χ1v) is 9.68. The van der Waals surface area contributed by atoms with Gasteiger partial charge in [0.1, 0.15) is 6.54 Å². The normalized spacial score (nSPS) is 26.2. The van der Waals surface area contributed by atoms with Crippen LogP contribution in [0.4, 0.5) is 4.79 Å². The van der Waals surface area contributed by atoms with Gasteiger partial charge >= 0.3 is 6.03 Å². The summed E-state index contributed by atoms with van der Waals surface area (Å²) in [6, 6.07) is 9.83. The highest BCUT2D eigenvalue weighted by Gasteiger charge is 2.41. The number of nitrogens with zero attached hydrogens (tertiary/aromatic N) is 2. The number of barbiturate groups is 1. The number of urea groups is 1. The van der Waals surface area contributed by atoms with Crippen molar-refractivity contribution < 1.29 is 19.3 Å². The van der Waals surface area contributed by atoms with Crippen LogP contribution in [0.5, 0.6) is 0 Å². The number of imide groups is 2. The zero-order valence-corrected chi connectivity index (χ0v) is 16.2. The van der Waals surface area contributed by atoms with E-state index in [2.05, 4.69) is 41.2 Å². The third-order valence-corrected chi connectivity index (χ3v) is 5.33. The Balaban J connectivity index is 1.60. The van der Waals surface area contributed by atoms with Crippen LogP contribution in [0.1, 0.15) is 25.3 Å². The number of carbonyl (C=O) groups is 3. The van der Waals surface area contributed by atoms with Crippen LogP contribution in [0, 0.1) is 5.92 Å². The number of piperidine rings is 1. The lowest BCUT2D eigenvalue weighted by molar-refractivity contribution is -0.918. The van der Waals surface area contributed by atoms with Gasteiger partial charge < -0.3 is 4.90 Å². The third-order valence-electron chi connectivity index (χ3n) is 5.33.